The maximum atomic E-state index is 13.2. The van der Waals surface area contributed by atoms with Gasteiger partial charge in [-0.25, -0.2) is 0 Å². The lowest BCUT2D eigenvalue weighted by Crippen LogP contribution is -2.32. The van der Waals surface area contributed by atoms with Crippen molar-refractivity contribution in [1.29, 1.82) is 0 Å². The Balaban J connectivity index is 1.41. The Labute approximate surface area is 213 Å². The monoisotopic (exact) mass is 505 g/mol. The molecule has 0 radical (unpaired) electrons. The number of aromatic nitrogens is 4. The molecule has 2 aromatic carbocycles. The molecule has 0 aliphatic heterocycles. The molecule has 2 unspecified atom stereocenters. The molecule has 0 fully saturated rings. The van der Waals surface area contributed by atoms with Crippen LogP contribution in [0.3, 0.4) is 0 Å². The van der Waals surface area contributed by atoms with E-state index in [1.165, 1.54) is 16.5 Å². The molecule has 0 spiro atoms. The van der Waals surface area contributed by atoms with Crippen LogP contribution in [0.25, 0.3) is 16.6 Å². The van der Waals surface area contributed by atoms with Crippen molar-refractivity contribution in [2.24, 2.45) is 5.92 Å². The van der Waals surface area contributed by atoms with E-state index >= 15 is 0 Å². The van der Waals surface area contributed by atoms with Gasteiger partial charge in [-0.2, -0.15) is 0 Å². The number of hydrogen-bond acceptors (Lipinski definition) is 3. The predicted molar refractivity (Wildman–Crippen MR) is 141 cm³/mol. The smallest absolute Gasteiger partial charge is 0.254 e. The summed E-state index contributed by atoms with van der Waals surface area (Å²) < 4.78 is 1.68. The molecule has 1 aliphatic rings. The third-order valence-corrected chi connectivity index (χ3v) is 7.24. The number of H-pyrrole nitrogens is 1. The van der Waals surface area contributed by atoms with Crippen LogP contribution in [0.5, 0.6) is 0 Å². The van der Waals surface area contributed by atoms with Gasteiger partial charge in [-0.3, -0.25) is 9.36 Å². The average Bonchev–Trinajstić information content (AvgIpc) is 3.50. The van der Waals surface area contributed by atoms with Gasteiger partial charge in [0.05, 0.1) is 21.3 Å². The zero-order valence-corrected chi connectivity index (χ0v) is 20.9. The Morgan fingerprint density at radius 2 is 1.80 bits per heavy atom. The lowest BCUT2D eigenvalue weighted by molar-refractivity contribution is 0.0949. The van der Waals surface area contributed by atoms with Gasteiger partial charge in [0.25, 0.3) is 5.91 Å². The van der Waals surface area contributed by atoms with E-state index in [0.717, 1.165) is 17.6 Å². The van der Waals surface area contributed by atoms with Crippen LogP contribution in [0.2, 0.25) is 10.0 Å². The Morgan fingerprint density at radius 1 is 1.09 bits per heavy atom. The van der Waals surface area contributed by atoms with E-state index in [1.54, 1.807) is 29.4 Å². The van der Waals surface area contributed by atoms with Gasteiger partial charge in [0.1, 0.15) is 12.7 Å². The van der Waals surface area contributed by atoms with Crippen molar-refractivity contribution in [2.45, 2.75) is 26.2 Å². The first kappa shape index (κ1) is 23.4. The summed E-state index contributed by atoms with van der Waals surface area (Å²) in [4.78, 5) is 16.8. The van der Waals surface area contributed by atoms with Crippen molar-refractivity contribution in [2.75, 3.05) is 6.54 Å². The van der Waals surface area contributed by atoms with Gasteiger partial charge in [-0.05, 0) is 73.0 Å². The number of aromatic amines is 1. The molecule has 1 aliphatic carbocycles. The van der Waals surface area contributed by atoms with Gasteiger partial charge in [0.2, 0.25) is 0 Å². The molecular formula is C27H25Cl2N5O. The summed E-state index contributed by atoms with van der Waals surface area (Å²) in [6.07, 6.45) is 12.5. The van der Waals surface area contributed by atoms with Gasteiger partial charge in [-0.1, -0.05) is 47.5 Å². The molecule has 4 aromatic rings. The molecule has 178 valence electrons. The molecular weight excluding hydrogens is 481 g/mol. The number of aryl methyl sites for hydroxylation is 2. The highest BCUT2D eigenvalue weighted by Crippen LogP contribution is 2.33. The standard InChI is InChI=1S/C27H25Cl2N5O/c1-16-8-19-10-25(33-24(19)9-17(16)2)21(18-6-4-3-5-7-18)13-30-27(35)26-22(28)11-20(12-23(26)29)34-14-31-32-15-34/h3-6,8-12,14-15,18,21,33H,7,13H2,1-2H3,(H,30,35). The van der Waals surface area contributed by atoms with Crippen LogP contribution in [-0.4, -0.2) is 32.2 Å². The number of rotatable bonds is 6. The van der Waals surface area contributed by atoms with Gasteiger partial charge in [0.15, 0.2) is 0 Å². The molecule has 2 atom stereocenters. The minimum Gasteiger partial charge on any atom is -0.358 e. The number of nitrogens with one attached hydrogen (secondary N) is 2. The molecule has 2 heterocycles. The number of amides is 1. The molecule has 8 heteroatoms. The highest BCUT2D eigenvalue weighted by atomic mass is 35.5. The van der Waals surface area contributed by atoms with E-state index in [1.807, 2.05) is 0 Å². The van der Waals surface area contributed by atoms with Gasteiger partial charge in [0, 0.05) is 23.7 Å². The van der Waals surface area contributed by atoms with Gasteiger partial charge in [-0.15, -0.1) is 10.2 Å². The number of allylic oxidation sites excluding steroid dienone is 4. The van der Waals surface area contributed by atoms with Gasteiger partial charge < -0.3 is 10.3 Å². The Bertz CT molecular complexity index is 1390. The fourth-order valence-corrected chi connectivity index (χ4v) is 5.21. The zero-order chi connectivity index (χ0) is 24.5. The number of carbonyl (C=O) groups is 1. The van der Waals surface area contributed by atoms with E-state index in [2.05, 4.69) is 76.8 Å². The van der Waals surface area contributed by atoms with Crippen LogP contribution < -0.4 is 5.32 Å². The minimum atomic E-state index is -0.307. The summed E-state index contributed by atoms with van der Waals surface area (Å²) in [6.45, 7) is 4.67. The molecule has 35 heavy (non-hydrogen) atoms. The van der Waals surface area contributed by atoms with Crippen LogP contribution in [-0.2, 0) is 0 Å². The first-order valence-electron chi connectivity index (χ1n) is 11.5. The summed E-state index contributed by atoms with van der Waals surface area (Å²) in [5.74, 6) is -0.00179. The maximum Gasteiger partial charge on any atom is 0.254 e. The summed E-state index contributed by atoms with van der Waals surface area (Å²) in [7, 11) is 0. The molecule has 0 saturated carbocycles. The zero-order valence-electron chi connectivity index (χ0n) is 19.4. The Kier molecular flexibility index (Phi) is 6.50. The van der Waals surface area contributed by atoms with E-state index in [4.69, 9.17) is 23.2 Å². The van der Waals surface area contributed by atoms with E-state index in [-0.39, 0.29) is 33.4 Å². The maximum absolute atomic E-state index is 13.2. The number of fused-ring (bicyclic) bond motifs is 1. The topological polar surface area (TPSA) is 75.6 Å². The normalized spacial score (nSPS) is 16.1. The summed E-state index contributed by atoms with van der Waals surface area (Å²) in [5, 5.41) is 12.4. The molecule has 6 nitrogen and oxygen atoms in total. The summed E-state index contributed by atoms with van der Waals surface area (Å²) >= 11 is 13.0. The second kappa shape index (κ2) is 9.72. The van der Waals surface area contributed by atoms with E-state index < -0.39 is 0 Å². The molecule has 1 amide bonds. The Hall–Kier alpha value is -3.35. The van der Waals surface area contributed by atoms with Crippen molar-refractivity contribution in [3.63, 3.8) is 0 Å². The second-order valence-electron chi connectivity index (χ2n) is 8.93. The lowest BCUT2D eigenvalue weighted by atomic mass is 9.84. The predicted octanol–water partition coefficient (Wildman–Crippen LogP) is 6.32. The van der Waals surface area contributed by atoms with Crippen molar-refractivity contribution >= 4 is 40.0 Å². The molecule has 2 N–H and O–H groups in total. The number of nitrogens with zero attached hydrogens (tertiary/aromatic N) is 3. The van der Waals surface area contributed by atoms with Crippen molar-refractivity contribution < 1.29 is 4.79 Å². The van der Waals surface area contributed by atoms with Crippen LogP contribution in [0.4, 0.5) is 0 Å². The quantitative estimate of drug-likeness (QED) is 0.322. The molecule has 0 saturated heterocycles. The highest BCUT2D eigenvalue weighted by molar-refractivity contribution is 6.40. The van der Waals surface area contributed by atoms with Crippen LogP contribution in [0.15, 0.2) is 67.3 Å². The number of benzene rings is 2. The first-order chi connectivity index (χ1) is 16.9. The first-order valence-corrected chi connectivity index (χ1v) is 12.2. The van der Waals surface area contributed by atoms with Crippen LogP contribution >= 0.6 is 23.2 Å². The van der Waals surface area contributed by atoms with Crippen molar-refractivity contribution in [3.05, 3.63) is 99.7 Å². The third kappa shape index (κ3) is 4.77. The Morgan fingerprint density at radius 3 is 2.49 bits per heavy atom. The highest BCUT2D eigenvalue weighted by Gasteiger charge is 2.25. The summed E-state index contributed by atoms with van der Waals surface area (Å²) in [5.41, 5.74) is 5.64. The molecule has 0 bridgehead atoms. The fourth-order valence-electron chi connectivity index (χ4n) is 4.57. The lowest BCUT2D eigenvalue weighted by Gasteiger charge is -2.25. The van der Waals surface area contributed by atoms with Crippen LogP contribution in [0.1, 0.15) is 39.5 Å². The largest absolute Gasteiger partial charge is 0.358 e. The van der Waals surface area contributed by atoms with Crippen molar-refractivity contribution in [3.8, 4) is 5.69 Å². The minimum absolute atomic E-state index is 0.0574. The SMILES string of the molecule is Cc1cc2cc(C(CNC(=O)c3c(Cl)cc(-n4cnnc4)cc3Cl)C3C=CC=CC3)[nH]c2cc1C. The molecule has 5 rings (SSSR count). The van der Waals surface area contributed by atoms with Gasteiger partial charge >= 0.3 is 0 Å². The van der Waals surface area contributed by atoms with E-state index in [9.17, 15) is 4.79 Å². The number of hydrogen-bond donors (Lipinski definition) is 2. The number of halogens is 2. The second-order valence-corrected chi connectivity index (χ2v) is 9.75. The number of carbonyl (C=O) groups excluding carboxylic acids is 1. The van der Waals surface area contributed by atoms with Crippen LogP contribution in [0, 0.1) is 19.8 Å². The summed E-state index contributed by atoms with van der Waals surface area (Å²) in [6, 6.07) is 9.93. The van der Waals surface area contributed by atoms with Crippen molar-refractivity contribution in [1.82, 2.24) is 25.1 Å². The average molecular weight is 506 g/mol. The third-order valence-electron chi connectivity index (χ3n) is 6.64. The van der Waals surface area contributed by atoms with E-state index in [0.29, 0.717) is 12.2 Å². The molecule has 2 aromatic heterocycles. The fraction of sp³-hybridized carbons (Fsp3) is 0.222.